The van der Waals surface area contributed by atoms with Gasteiger partial charge >= 0.3 is 5.97 Å². The van der Waals surface area contributed by atoms with E-state index in [-0.39, 0.29) is 17.8 Å². The molecule has 10 nitrogen and oxygen atoms in total. The molecule has 0 radical (unpaired) electrons. The Morgan fingerprint density at radius 1 is 1.16 bits per heavy atom. The molecule has 3 aliphatic rings. The van der Waals surface area contributed by atoms with E-state index in [4.69, 9.17) is 4.74 Å². The standard InChI is InChI=1S/C30H26BrN3O7S2/c1-17(35)41-26(24-14-20-16-32(12-11-22(20)42-24)15-19-5-3-2-4-6-19)30(31)28(38)33-25(27(36)37)23(43-29(30)33)13-18-7-9-21(10-8-18)34(39)40/h2-10,14,26,29H,11-13,15-16H2,1H3,(H,36,37)/p-1. The fourth-order valence-corrected chi connectivity index (χ4v) is 9.70. The van der Waals surface area contributed by atoms with Gasteiger partial charge in [-0.05, 0) is 29.2 Å². The zero-order chi connectivity index (χ0) is 30.5. The summed E-state index contributed by atoms with van der Waals surface area (Å²) >= 11 is 6.33. The molecule has 1 saturated heterocycles. The number of β-lactam (4-membered cyclic amide) rings is 1. The van der Waals surface area contributed by atoms with Gasteiger partial charge in [-0.25, -0.2) is 0 Å². The number of thiophene rings is 1. The number of benzene rings is 2. The van der Waals surface area contributed by atoms with Crippen LogP contribution < -0.4 is 5.11 Å². The van der Waals surface area contributed by atoms with E-state index in [1.54, 1.807) is 12.1 Å². The molecule has 0 bridgehead atoms. The second-order valence-electron chi connectivity index (χ2n) is 10.6. The van der Waals surface area contributed by atoms with Crippen molar-refractivity contribution in [3.8, 4) is 0 Å². The van der Waals surface area contributed by atoms with Crippen LogP contribution in [-0.2, 0) is 45.1 Å². The van der Waals surface area contributed by atoms with Gasteiger partial charge in [-0.3, -0.25) is 29.5 Å². The van der Waals surface area contributed by atoms with Crippen LogP contribution >= 0.6 is 39.0 Å². The summed E-state index contributed by atoms with van der Waals surface area (Å²) in [5.41, 5.74) is 2.66. The average Bonchev–Trinajstić information content (AvgIpc) is 3.56. The van der Waals surface area contributed by atoms with E-state index in [2.05, 4.69) is 33.0 Å². The summed E-state index contributed by atoms with van der Waals surface area (Å²) in [6.07, 6.45) is -0.0210. The van der Waals surface area contributed by atoms with Crippen molar-refractivity contribution >= 4 is 62.6 Å². The third-order valence-electron chi connectivity index (χ3n) is 7.74. The number of non-ortho nitro benzene ring substituents is 1. The van der Waals surface area contributed by atoms with E-state index in [1.807, 2.05) is 24.3 Å². The number of thioether (sulfide) groups is 1. The second-order valence-corrected chi connectivity index (χ2v) is 14.3. The lowest BCUT2D eigenvalue weighted by atomic mass is 9.89. The minimum absolute atomic E-state index is 0.0820. The maximum absolute atomic E-state index is 13.8. The maximum Gasteiger partial charge on any atom is 0.303 e. The van der Waals surface area contributed by atoms with Gasteiger partial charge in [0.25, 0.3) is 11.6 Å². The number of carboxylic acids is 1. The third kappa shape index (κ3) is 5.39. The van der Waals surface area contributed by atoms with Gasteiger partial charge in [0.15, 0.2) is 10.4 Å². The van der Waals surface area contributed by atoms with Gasteiger partial charge in [0, 0.05) is 59.8 Å². The minimum atomic E-state index is -1.50. The molecule has 0 spiro atoms. The summed E-state index contributed by atoms with van der Waals surface area (Å²) in [4.78, 5) is 54.6. The lowest BCUT2D eigenvalue weighted by Gasteiger charge is -2.52. The zero-order valence-corrected chi connectivity index (χ0v) is 26.1. The van der Waals surface area contributed by atoms with Crippen LogP contribution in [0.5, 0.6) is 0 Å². The SMILES string of the molecule is CC(=O)OC(c1cc2c(s1)CCN(Cc1ccccc1)C2)C1(Br)C(=O)N2C(C(=O)[O-])=C(Cc3ccc([N+](=O)[O-])cc3)SC21. The molecule has 3 aromatic rings. The van der Waals surface area contributed by atoms with Crippen molar-refractivity contribution in [2.45, 2.75) is 48.7 Å². The number of nitro groups is 1. The monoisotopic (exact) mass is 682 g/mol. The van der Waals surface area contributed by atoms with Crippen molar-refractivity contribution < 1.29 is 29.2 Å². The molecule has 1 aromatic heterocycles. The van der Waals surface area contributed by atoms with Crippen LogP contribution in [-0.4, -0.2) is 48.8 Å². The fourth-order valence-electron chi connectivity index (χ4n) is 5.74. The number of ether oxygens (including phenoxy) is 1. The summed E-state index contributed by atoms with van der Waals surface area (Å²) in [7, 11) is 0. The number of carbonyl (C=O) groups is 3. The first-order chi connectivity index (χ1) is 20.6. The van der Waals surface area contributed by atoms with E-state index in [0.717, 1.165) is 31.6 Å². The Balaban J connectivity index is 1.26. The maximum atomic E-state index is 13.8. The number of hydrogen-bond donors (Lipinski definition) is 0. The molecule has 2 aromatic carbocycles. The van der Waals surface area contributed by atoms with Crippen LogP contribution in [0.3, 0.4) is 0 Å². The van der Waals surface area contributed by atoms with Crippen LogP contribution in [0.15, 0.2) is 71.3 Å². The molecule has 13 heteroatoms. The van der Waals surface area contributed by atoms with Crippen molar-refractivity contribution in [2.24, 2.45) is 0 Å². The molecule has 0 N–H and O–H groups in total. The Kier molecular flexibility index (Phi) is 7.92. The number of carboxylic acid groups (broad SMARTS) is 1. The average molecular weight is 684 g/mol. The van der Waals surface area contributed by atoms with Gasteiger partial charge in [0.2, 0.25) is 0 Å². The molecule has 1 fully saturated rings. The largest absolute Gasteiger partial charge is 0.543 e. The number of nitro benzene ring substituents is 1. The van der Waals surface area contributed by atoms with E-state index in [0.29, 0.717) is 15.3 Å². The van der Waals surface area contributed by atoms with E-state index < -0.39 is 38.6 Å². The van der Waals surface area contributed by atoms with E-state index >= 15 is 0 Å². The number of allylic oxidation sites excluding steroid dienone is 1. The van der Waals surface area contributed by atoms with Gasteiger partial charge in [0.05, 0.1) is 16.6 Å². The van der Waals surface area contributed by atoms with Crippen LogP contribution in [0, 0.1) is 10.1 Å². The van der Waals surface area contributed by atoms with Crippen molar-refractivity contribution in [3.63, 3.8) is 0 Å². The molecular weight excluding hydrogens is 658 g/mol. The Morgan fingerprint density at radius 2 is 1.88 bits per heavy atom. The zero-order valence-electron chi connectivity index (χ0n) is 22.9. The number of esters is 1. The summed E-state index contributed by atoms with van der Waals surface area (Å²) in [5.74, 6) is -2.59. The molecule has 43 heavy (non-hydrogen) atoms. The van der Waals surface area contributed by atoms with Crippen LogP contribution in [0.25, 0.3) is 0 Å². The minimum Gasteiger partial charge on any atom is -0.543 e. The number of amides is 1. The third-order valence-corrected chi connectivity index (χ3v) is 11.9. The van der Waals surface area contributed by atoms with Gasteiger partial charge in [0.1, 0.15) is 5.37 Å². The number of alkyl halides is 1. The second kappa shape index (κ2) is 11.5. The summed E-state index contributed by atoms with van der Waals surface area (Å²) < 4.78 is 4.41. The quantitative estimate of drug-likeness (QED) is 0.108. The highest BCUT2D eigenvalue weighted by Gasteiger charge is 2.69. The Labute approximate surface area is 263 Å². The highest BCUT2D eigenvalue weighted by atomic mass is 79.9. The first kappa shape index (κ1) is 29.5. The molecule has 3 aliphatic heterocycles. The van der Waals surface area contributed by atoms with E-state index in [9.17, 15) is 29.6 Å². The normalized spacial score (nSPS) is 22.0. The Bertz CT molecular complexity index is 1660. The molecule has 3 atom stereocenters. The number of carbonyl (C=O) groups excluding carboxylic acids is 3. The van der Waals surface area contributed by atoms with Crippen molar-refractivity contribution in [1.29, 1.82) is 0 Å². The first-order valence-electron chi connectivity index (χ1n) is 13.5. The van der Waals surface area contributed by atoms with Gasteiger partial charge in [-0.1, -0.05) is 58.4 Å². The van der Waals surface area contributed by atoms with Crippen LogP contribution in [0.1, 0.15) is 39.5 Å². The highest BCUT2D eigenvalue weighted by molar-refractivity contribution is 9.10. The number of fused-ring (bicyclic) bond motifs is 2. The molecule has 1 amide bonds. The summed E-state index contributed by atoms with van der Waals surface area (Å²) in [5, 5.41) is 22.6. The fraction of sp³-hybridized carbons (Fsp3) is 0.300. The lowest BCUT2D eigenvalue weighted by molar-refractivity contribution is -0.384. The molecule has 3 unspecified atom stereocenters. The molecule has 0 saturated carbocycles. The predicted molar refractivity (Wildman–Crippen MR) is 162 cm³/mol. The molecule has 0 aliphatic carbocycles. The molecule has 4 heterocycles. The summed E-state index contributed by atoms with van der Waals surface area (Å²) in [6.45, 7) is 3.68. The molecular formula is C30H25BrN3O7S2-. The number of rotatable bonds is 9. The van der Waals surface area contributed by atoms with Gasteiger partial charge in [-0.15, -0.1) is 23.1 Å². The highest BCUT2D eigenvalue weighted by Crippen LogP contribution is 2.61. The van der Waals surface area contributed by atoms with Gasteiger partial charge < -0.3 is 14.6 Å². The summed E-state index contributed by atoms with van der Waals surface area (Å²) in [6, 6.07) is 18.0. The number of aliphatic carboxylic acids is 1. The smallest absolute Gasteiger partial charge is 0.303 e. The predicted octanol–water partition coefficient (Wildman–Crippen LogP) is 4.07. The molecule has 6 rings (SSSR count). The Morgan fingerprint density at radius 3 is 2.53 bits per heavy atom. The number of halogens is 1. The Hall–Kier alpha value is -3.52. The number of hydrogen-bond acceptors (Lipinski definition) is 10. The molecule has 222 valence electrons. The van der Waals surface area contributed by atoms with Crippen molar-refractivity contribution in [2.75, 3.05) is 6.54 Å². The van der Waals surface area contributed by atoms with Crippen molar-refractivity contribution in [1.82, 2.24) is 9.80 Å². The van der Waals surface area contributed by atoms with Crippen LogP contribution in [0.2, 0.25) is 0 Å². The first-order valence-corrected chi connectivity index (χ1v) is 16.0. The topological polar surface area (TPSA) is 133 Å². The number of nitrogens with zero attached hydrogens (tertiary/aromatic N) is 3. The van der Waals surface area contributed by atoms with Gasteiger partial charge in [-0.2, -0.15) is 0 Å². The lowest BCUT2D eigenvalue weighted by Crippen LogP contribution is -2.70. The van der Waals surface area contributed by atoms with Crippen LogP contribution in [0.4, 0.5) is 5.69 Å². The van der Waals surface area contributed by atoms with Crippen molar-refractivity contribution in [3.05, 3.63) is 108 Å². The van der Waals surface area contributed by atoms with E-state index in [1.165, 1.54) is 57.5 Å².